The molecule has 0 spiro atoms. The number of methoxy groups -OCH3 is 1. The van der Waals surface area contributed by atoms with Gasteiger partial charge in [0, 0.05) is 29.4 Å². The van der Waals surface area contributed by atoms with Crippen molar-refractivity contribution in [2.24, 2.45) is 0 Å². The van der Waals surface area contributed by atoms with Gasteiger partial charge in [0.1, 0.15) is 11.8 Å². The lowest BCUT2D eigenvalue weighted by Crippen LogP contribution is -2.31. The van der Waals surface area contributed by atoms with Crippen LogP contribution in [0.5, 0.6) is 5.75 Å². The zero-order chi connectivity index (χ0) is 22.7. The van der Waals surface area contributed by atoms with Gasteiger partial charge in [-0.3, -0.25) is 4.79 Å². The smallest absolute Gasteiger partial charge is 0.255 e. The SMILES string of the molecule is COc1ccc(NC(=O)C2=C(C)Nc3nc(CCCO)nn3C2c2ccc(Cl)cc2)cc1. The van der Waals surface area contributed by atoms with Crippen molar-refractivity contribution in [3.63, 3.8) is 0 Å². The molecule has 1 aliphatic heterocycles. The molecule has 166 valence electrons. The molecule has 32 heavy (non-hydrogen) atoms. The molecule has 1 aromatic heterocycles. The van der Waals surface area contributed by atoms with E-state index < -0.39 is 6.04 Å². The van der Waals surface area contributed by atoms with Crippen LogP contribution in [0.15, 0.2) is 59.8 Å². The lowest BCUT2D eigenvalue weighted by atomic mass is 9.95. The van der Waals surface area contributed by atoms with E-state index in [1.54, 1.807) is 48.2 Å². The summed E-state index contributed by atoms with van der Waals surface area (Å²) in [6.45, 7) is 1.90. The Morgan fingerprint density at radius 2 is 1.94 bits per heavy atom. The number of anilines is 2. The van der Waals surface area contributed by atoms with Gasteiger partial charge < -0.3 is 20.5 Å². The first-order valence-corrected chi connectivity index (χ1v) is 10.6. The summed E-state index contributed by atoms with van der Waals surface area (Å²) in [7, 11) is 1.59. The highest BCUT2D eigenvalue weighted by molar-refractivity contribution is 6.30. The normalized spacial score (nSPS) is 15.2. The summed E-state index contributed by atoms with van der Waals surface area (Å²) >= 11 is 6.10. The second kappa shape index (κ2) is 9.42. The van der Waals surface area contributed by atoms with Crippen molar-refractivity contribution in [3.8, 4) is 5.75 Å². The quantitative estimate of drug-likeness (QED) is 0.503. The summed E-state index contributed by atoms with van der Waals surface area (Å²) < 4.78 is 6.90. The largest absolute Gasteiger partial charge is 0.497 e. The van der Waals surface area contributed by atoms with E-state index >= 15 is 0 Å². The average molecular weight is 454 g/mol. The third kappa shape index (κ3) is 4.46. The zero-order valence-electron chi connectivity index (χ0n) is 17.8. The molecular formula is C23H24ClN5O3. The fourth-order valence-electron chi connectivity index (χ4n) is 3.66. The van der Waals surface area contributed by atoms with Crippen LogP contribution in [-0.4, -0.2) is 39.5 Å². The Hall–Kier alpha value is -3.36. The number of carbonyl (C=O) groups is 1. The molecule has 1 atom stereocenters. The number of nitrogens with one attached hydrogen (secondary N) is 2. The molecule has 0 saturated heterocycles. The van der Waals surface area contributed by atoms with Crippen LogP contribution in [0.25, 0.3) is 0 Å². The Morgan fingerprint density at radius 1 is 1.22 bits per heavy atom. The topological polar surface area (TPSA) is 101 Å². The number of amides is 1. The van der Waals surface area contributed by atoms with Gasteiger partial charge in [-0.2, -0.15) is 10.1 Å². The van der Waals surface area contributed by atoms with Gasteiger partial charge in [0.15, 0.2) is 5.82 Å². The molecule has 0 bridgehead atoms. The molecule has 8 nitrogen and oxygen atoms in total. The van der Waals surface area contributed by atoms with E-state index in [0.717, 1.165) is 5.56 Å². The number of nitrogens with zero attached hydrogens (tertiary/aromatic N) is 3. The fourth-order valence-corrected chi connectivity index (χ4v) is 3.78. The Balaban J connectivity index is 1.71. The summed E-state index contributed by atoms with van der Waals surface area (Å²) in [6, 6.07) is 14.0. The number of aliphatic hydroxyl groups excluding tert-OH is 1. The molecule has 2 aromatic carbocycles. The summed E-state index contributed by atoms with van der Waals surface area (Å²) in [4.78, 5) is 18.0. The number of hydrogen-bond donors (Lipinski definition) is 3. The van der Waals surface area contributed by atoms with Gasteiger partial charge in [-0.1, -0.05) is 23.7 Å². The van der Waals surface area contributed by atoms with Gasteiger partial charge >= 0.3 is 0 Å². The Labute approximate surface area is 190 Å². The first kappa shape index (κ1) is 21.9. The molecule has 4 rings (SSSR count). The molecule has 0 aliphatic carbocycles. The molecule has 1 aliphatic rings. The van der Waals surface area contributed by atoms with Crippen molar-refractivity contribution in [1.82, 2.24) is 14.8 Å². The van der Waals surface area contributed by atoms with Crippen molar-refractivity contribution in [2.45, 2.75) is 25.8 Å². The van der Waals surface area contributed by atoms with E-state index in [-0.39, 0.29) is 12.5 Å². The standard InChI is InChI=1S/C23H24ClN5O3/c1-14-20(22(31)26-17-9-11-18(32-2)12-10-17)21(15-5-7-16(24)8-6-15)29-23(25-14)27-19(28-29)4-3-13-30/h5-12,21,30H,3-4,13H2,1-2H3,(H,26,31)(H,25,27,28). The van der Waals surface area contributed by atoms with Crippen LogP contribution in [0.4, 0.5) is 11.6 Å². The number of benzene rings is 2. The van der Waals surface area contributed by atoms with Gasteiger partial charge in [0.05, 0.1) is 12.7 Å². The molecule has 9 heteroatoms. The second-order valence-corrected chi connectivity index (χ2v) is 7.86. The van der Waals surface area contributed by atoms with Gasteiger partial charge in [0.2, 0.25) is 5.95 Å². The van der Waals surface area contributed by atoms with Crippen molar-refractivity contribution in [2.75, 3.05) is 24.4 Å². The Bertz CT molecular complexity index is 1140. The summed E-state index contributed by atoms with van der Waals surface area (Å²) in [5.74, 6) is 1.61. The Morgan fingerprint density at radius 3 is 2.59 bits per heavy atom. The van der Waals surface area contributed by atoms with Crippen LogP contribution < -0.4 is 15.4 Å². The molecule has 0 saturated carbocycles. The summed E-state index contributed by atoms with van der Waals surface area (Å²) in [5.41, 5.74) is 2.72. The van der Waals surface area contributed by atoms with Crippen LogP contribution in [0.1, 0.15) is 30.8 Å². The van der Waals surface area contributed by atoms with E-state index in [2.05, 4.69) is 20.7 Å². The lowest BCUT2D eigenvalue weighted by Gasteiger charge is -2.28. The van der Waals surface area contributed by atoms with Gasteiger partial charge in [0.25, 0.3) is 5.91 Å². The van der Waals surface area contributed by atoms with E-state index in [1.807, 2.05) is 19.1 Å². The first-order valence-electron chi connectivity index (χ1n) is 10.2. The van der Waals surface area contributed by atoms with Crippen molar-refractivity contribution in [1.29, 1.82) is 0 Å². The molecule has 3 N–H and O–H groups in total. The zero-order valence-corrected chi connectivity index (χ0v) is 18.6. The van der Waals surface area contributed by atoms with Gasteiger partial charge in [-0.25, -0.2) is 4.68 Å². The number of allylic oxidation sites excluding steroid dienone is 1. The predicted molar refractivity (Wildman–Crippen MR) is 123 cm³/mol. The lowest BCUT2D eigenvalue weighted by molar-refractivity contribution is -0.113. The number of ether oxygens (including phenoxy) is 1. The van der Waals surface area contributed by atoms with Crippen molar-refractivity contribution in [3.05, 3.63) is 76.2 Å². The highest BCUT2D eigenvalue weighted by atomic mass is 35.5. The van der Waals surface area contributed by atoms with Gasteiger partial charge in [-0.15, -0.1) is 0 Å². The number of aliphatic hydroxyl groups is 1. The second-order valence-electron chi connectivity index (χ2n) is 7.42. The third-order valence-corrected chi connectivity index (χ3v) is 5.49. The highest BCUT2D eigenvalue weighted by Gasteiger charge is 2.34. The van der Waals surface area contributed by atoms with Crippen LogP contribution in [0.3, 0.4) is 0 Å². The van der Waals surface area contributed by atoms with Crippen molar-refractivity contribution >= 4 is 29.1 Å². The minimum absolute atomic E-state index is 0.0602. The average Bonchev–Trinajstić information content (AvgIpc) is 3.20. The van der Waals surface area contributed by atoms with Gasteiger partial charge in [-0.05, 0) is 55.3 Å². The maximum Gasteiger partial charge on any atom is 0.255 e. The molecule has 2 heterocycles. The van der Waals surface area contributed by atoms with Crippen LogP contribution in [0.2, 0.25) is 5.02 Å². The number of carbonyl (C=O) groups excluding carboxylic acids is 1. The third-order valence-electron chi connectivity index (χ3n) is 5.23. The molecule has 1 amide bonds. The van der Waals surface area contributed by atoms with Crippen LogP contribution >= 0.6 is 11.6 Å². The number of fused-ring (bicyclic) bond motifs is 1. The number of halogens is 1. The highest BCUT2D eigenvalue weighted by Crippen LogP contribution is 2.36. The minimum atomic E-state index is -0.489. The van der Waals surface area contributed by atoms with E-state index in [1.165, 1.54) is 0 Å². The van der Waals surface area contributed by atoms with Crippen molar-refractivity contribution < 1.29 is 14.6 Å². The van der Waals surface area contributed by atoms with E-state index in [4.69, 9.17) is 21.4 Å². The molecule has 0 fully saturated rings. The maximum absolute atomic E-state index is 13.4. The monoisotopic (exact) mass is 453 g/mol. The fraction of sp³-hybridized carbons (Fsp3) is 0.261. The number of hydrogen-bond acceptors (Lipinski definition) is 6. The number of aryl methyl sites for hydroxylation is 1. The molecule has 3 aromatic rings. The predicted octanol–water partition coefficient (Wildman–Crippen LogP) is 3.79. The minimum Gasteiger partial charge on any atom is -0.497 e. The molecule has 0 radical (unpaired) electrons. The summed E-state index contributed by atoms with van der Waals surface area (Å²) in [6.07, 6.45) is 1.10. The maximum atomic E-state index is 13.4. The Kier molecular flexibility index (Phi) is 6.43. The van der Waals surface area contributed by atoms with E-state index in [0.29, 0.717) is 52.3 Å². The van der Waals surface area contributed by atoms with Crippen LogP contribution in [-0.2, 0) is 11.2 Å². The van der Waals surface area contributed by atoms with Crippen LogP contribution in [0, 0.1) is 0 Å². The first-order chi connectivity index (χ1) is 15.5. The molecular weight excluding hydrogens is 430 g/mol. The summed E-state index contributed by atoms with van der Waals surface area (Å²) in [5, 5.41) is 20.6. The number of aromatic nitrogens is 3. The number of rotatable bonds is 7. The van der Waals surface area contributed by atoms with E-state index in [9.17, 15) is 4.79 Å². The molecule has 1 unspecified atom stereocenters.